The lowest BCUT2D eigenvalue weighted by molar-refractivity contribution is 0.493. The second-order valence-electron chi connectivity index (χ2n) is 3.03. The summed E-state index contributed by atoms with van der Waals surface area (Å²) in [4.78, 5) is 0.114. The van der Waals surface area contributed by atoms with Crippen molar-refractivity contribution >= 4 is 20.0 Å². The molecular formula is C8H10O5S2. The van der Waals surface area contributed by atoms with Crippen molar-refractivity contribution < 1.29 is 21.0 Å². The van der Waals surface area contributed by atoms with Gasteiger partial charge in [0, 0.05) is 6.26 Å². The van der Waals surface area contributed by atoms with Crippen LogP contribution in [-0.2, 0) is 20.0 Å². The van der Waals surface area contributed by atoms with E-state index in [1.54, 1.807) is 0 Å². The number of hydrogen-bond donors (Lipinski definition) is 0. The van der Waals surface area contributed by atoms with Gasteiger partial charge in [-0.25, -0.2) is 8.42 Å². The van der Waals surface area contributed by atoms with Crippen molar-refractivity contribution in [1.82, 2.24) is 0 Å². The molecule has 0 aromatic heterocycles. The van der Waals surface area contributed by atoms with Gasteiger partial charge >= 0.3 is 10.1 Å². The van der Waals surface area contributed by atoms with Crippen LogP contribution in [0.25, 0.3) is 0 Å². The zero-order chi connectivity index (χ0) is 11.7. The molecule has 0 aliphatic carbocycles. The fourth-order valence-corrected chi connectivity index (χ4v) is 2.01. The van der Waals surface area contributed by atoms with Gasteiger partial charge in [0.1, 0.15) is 5.75 Å². The van der Waals surface area contributed by atoms with Gasteiger partial charge < -0.3 is 4.18 Å². The zero-order valence-electron chi connectivity index (χ0n) is 8.17. The normalized spacial score (nSPS) is 12.4. The molecule has 0 heterocycles. The van der Waals surface area contributed by atoms with E-state index in [9.17, 15) is 16.8 Å². The van der Waals surface area contributed by atoms with Gasteiger partial charge in [-0.2, -0.15) is 8.42 Å². The Bertz CT molecular complexity index is 539. The van der Waals surface area contributed by atoms with E-state index >= 15 is 0 Å². The average Bonchev–Trinajstić information content (AvgIpc) is 2.00. The molecule has 1 rings (SSSR count). The monoisotopic (exact) mass is 250 g/mol. The topological polar surface area (TPSA) is 77.5 Å². The Kier molecular flexibility index (Phi) is 3.05. The van der Waals surface area contributed by atoms with Crippen molar-refractivity contribution in [3.05, 3.63) is 24.3 Å². The first-order valence-corrected chi connectivity index (χ1v) is 7.59. The van der Waals surface area contributed by atoms with Gasteiger partial charge in [-0.05, 0) is 24.3 Å². The van der Waals surface area contributed by atoms with Crippen LogP contribution >= 0.6 is 0 Å². The predicted molar refractivity (Wildman–Crippen MR) is 55.0 cm³/mol. The molecule has 0 saturated heterocycles. The van der Waals surface area contributed by atoms with Crippen LogP contribution in [0.2, 0.25) is 0 Å². The summed E-state index contributed by atoms with van der Waals surface area (Å²) in [6.07, 6.45) is 1.98. The van der Waals surface area contributed by atoms with Crippen molar-refractivity contribution in [1.29, 1.82) is 0 Å². The third kappa shape index (κ3) is 3.88. The van der Waals surface area contributed by atoms with Gasteiger partial charge in [-0.3, -0.25) is 0 Å². The number of rotatable bonds is 3. The summed E-state index contributed by atoms with van der Waals surface area (Å²) < 4.78 is 48.2. The van der Waals surface area contributed by atoms with Crippen molar-refractivity contribution in [2.24, 2.45) is 0 Å². The van der Waals surface area contributed by atoms with Crippen molar-refractivity contribution in [3.8, 4) is 5.75 Å². The largest absolute Gasteiger partial charge is 0.383 e. The average molecular weight is 250 g/mol. The minimum absolute atomic E-state index is 0.0879. The van der Waals surface area contributed by atoms with Gasteiger partial charge in [-0.1, -0.05) is 0 Å². The number of hydrogen-bond acceptors (Lipinski definition) is 5. The molecule has 1 aromatic rings. The van der Waals surface area contributed by atoms with E-state index in [1.165, 1.54) is 24.3 Å². The van der Waals surface area contributed by atoms with Crippen molar-refractivity contribution in [2.45, 2.75) is 4.90 Å². The van der Waals surface area contributed by atoms with Gasteiger partial charge in [0.05, 0.1) is 11.2 Å². The second-order valence-corrected chi connectivity index (χ2v) is 6.62. The summed E-state index contributed by atoms with van der Waals surface area (Å²) in [7, 11) is -6.84. The third-order valence-electron chi connectivity index (χ3n) is 1.50. The molecule has 0 N–H and O–H groups in total. The summed E-state index contributed by atoms with van der Waals surface area (Å²) in [5, 5.41) is 0. The second kappa shape index (κ2) is 3.82. The molecule has 1 aromatic carbocycles. The Balaban J connectivity index is 3.02. The molecule has 0 unspecified atom stereocenters. The highest BCUT2D eigenvalue weighted by Crippen LogP contribution is 2.16. The SMILES string of the molecule is CS(=O)(=O)Oc1ccc(S(C)(=O)=O)cc1. The van der Waals surface area contributed by atoms with Gasteiger partial charge in [0.2, 0.25) is 0 Å². The van der Waals surface area contributed by atoms with E-state index in [2.05, 4.69) is 4.18 Å². The quantitative estimate of drug-likeness (QED) is 0.727. The van der Waals surface area contributed by atoms with Crippen LogP contribution in [0, 0.1) is 0 Å². The molecular weight excluding hydrogens is 240 g/mol. The van der Waals surface area contributed by atoms with Gasteiger partial charge in [-0.15, -0.1) is 0 Å². The van der Waals surface area contributed by atoms with E-state index in [4.69, 9.17) is 0 Å². The van der Waals surface area contributed by atoms with Crippen LogP contribution in [0.3, 0.4) is 0 Å². The van der Waals surface area contributed by atoms with E-state index in [0.717, 1.165) is 12.5 Å². The number of sulfone groups is 1. The molecule has 7 heteroatoms. The lowest BCUT2D eigenvalue weighted by atomic mass is 10.3. The van der Waals surface area contributed by atoms with E-state index in [1.807, 2.05) is 0 Å². The summed E-state index contributed by atoms with van der Waals surface area (Å²) in [6, 6.07) is 5.15. The molecule has 0 aliphatic rings. The van der Waals surface area contributed by atoms with Crippen LogP contribution in [0.15, 0.2) is 29.2 Å². The molecule has 0 atom stereocenters. The Hall–Kier alpha value is -1.08. The first-order chi connectivity index (χ1) is 6.68. The molecule has 0 bridgehead atoms. The smallest absolute Gasteiger partial charge is 0.306 e. The van der Waals surface area contributed by atoms with Crippen LogP contribution in [0.4, 0.5) is 0 Å². The highest BCUT2D eigenvalue weighted by atomic mass is 32.2. The van der Waals surface area contributed by atoms with Crippen LogP contribution in [0.1, 0.15) is 0 Å². The Morgan fingerprint density at radius 3 is 1.73 bits per heavy atom. The predicted octanol–water partition coefficient (Wildman–Crippen LogP) is 0.429. The molecule has 0 spiro atoms. The van der Waals surface area contributed by atoms with Crippen LogP contribution in [-0.4, -0.2) is 29.3 Å². The van der Waals surface area contributed by atoms with Crippen LogP contribution in [0.5, 0.6) is 5.75 Å². The maximum Gasteiger partial charge on any atom is 0.306 e. The maximum absolute atomic E-state index is 11.1. The van der Waals surface area contributed by atoms with Crippen molar-refractivity contribution in [3.63, 3.8) is 0 Å². The first kappa shape index (κ1) is 12.0. The Labute approximate surface area is 88.7 Å². The van der Waals surface area contributed by atoms with E-state index in [-0.39, 0.29) is 10.6 Å². The molecule has 84 valence electrons. The minimum atomic E-state index is -3.57. The molecule has 0 amide bonds. The fraction of sp³-hybridized carbons (Fsp3) is 0.250. The summed E-state index contributed by atoms with van der Waals surface area (Å²) in [5.74, 6) is 0.0879. The van der Waals surface area contributed by atoms with E-state index < -0.39 is 20.0 Å². The molecule has 0 aliphatic heterocycles. The van der Waals surface area contributed by atoms with Gasteiger partial charge in [0.25, 0.3) is 0 Å². The fourth-order valence-electron chi connectivity index (χ4n) is 0.917. The molecule has 0 radical (unpaired) electrons. The summed E-state index contributed by atoms with van der Waals surface area (Å²) >= 11 is 0. The molecule has 0 saturated carbocycles. The lowest BCUT2D eigenvalue weighted by Gasteiger charge is -2.03. The van der Waals surface area contributed by atoms with Crippen molar-refractivity contribution in [2.75, 3.05) is 12.5 Å². The number of benzene rings is 1. The highest BCUT2D eigenvalue weighted by Gasteiger charge is 2.08. The van der Waals surface area contributed by atoms with Crippen LogP contribution < -0.4 is 4.18 Å². The van der Waals surface area contributed by atoms with E-state index in [0.29, 0.717) is 0 Å². The molecule has 5 nitrogen and oxygen atoms in total. The summed E-state index contributed by atoms with van der Waals surface area (Å²) in [5.41, 5.74) is 0. The lowest BCUT2D eigenvalue weighted by Crippen LogP contribution is -2.05. The zero-order valence-corrected chi connectivity index (χ0v) is 9.80. The maximum atomic E-state index is 11.1. The highest BCUT2D eigenvalue weighted by molar-refractivity contribution is 7.90. The first-order valence-electron chi connectivity index (χ1n) is 3.88. The molecule has 15 heavy (non-hydrogen) atoms. The standard InChI is InChI=1S/C8H10O5S2/c1-14(9,10)8-5-3-7(4-6-8)13-15(2,11)12/h3-6H,1-2H3. The Morgan fingerprint density at radius 1 is 0.933 bits per heavy atom. The molecule has 0 fully saturated rings. The Morgan fingerprint density at radius 2 is 1.40 bits per heavy atom. The minimum Gasteiger partial charge on any atom is -0.383 e. The van der Waals surface area contributed by atoms with Gasteiger partial charge in [0.15, 0.2) is 9.84 Å². The summed E-state index contributed by atoms with van der Waals surface area (Å²) in [6.45, 7) is 0. The third-order valence-corrected chi connectivity index (χ3v) is 3.12.